The highest BCUT2D eigenvalue weighted by molar-refractivity contribution is 5.78. The summed E-state index contributed by atoms with van der Waals surface area (Å²) < 4.78 is 0. The Balaban J connectivity index is 1.71. The number of anilines is 1. The highest BCUT2D eigenvalue weighted by Crippen LogP contribution is 2.32. The van der Waals surface area contributed by atoms with Crippen molar-refractivity contribution in [2.24, 2.45) is 5.92 Å². The summed E-state index contributed by atoms with van der Waals surface area (Å²) in [6.07, 6.45) is 3.81. The molecule has 2 aromatic rings. The van der Waals surface area contributed by atoms with Crippen molar-refractivity contribution in [2.75, 3.05) is 11.9 Å². The van der Waals surface area contributed by atoms with Gasteiger partial charge < -0.3 is 10.4 Å². The van der Waals surface area contributed by atoms with E-state index >= 15 is 0 Å². The van der Waals surface area contributed by atoms with E-state index in [0.29, 0.717) is 18.4 Å². The Morgan fingerprint density at radius 2 is 2.18 bits per heavy atom. The predicted octanol–water partition coefficient (Wildman–Crippen LogP) is 1.81. The first kappa shape index (κ1) is 10.5. The van der Waals surface area contributed by atoms with Gasteiger partial charge >= 0.3 is 0 Å². The first-order valence-corrected chi connectivity index (χ1v) is 5.96. The van der Waals surface area contributed by atoms with Crippen LogP contribution in [0.1, 0.15) is 12.8 Å². The van der Waals surface area contributed by atoms with Crippen molar-refractivity contribution in [1.82, 2.24) is 9.97 Å². The first-order valence-electron chi connectivity index (χ1n) is 5.96. The fraction of sp³-hybridized carbons (Fsp3) is 0.385. The summed E-state index contributed by atoms with van der Waals surface area (Å²) in [5, 5.41) is 13.9. The molecule has 1 aromatic heterocycles. The zero-order valence-electron chi connectivity index (χ0n) is 9.50. The standard InChI is InChI=1S/C13H15N3O/c17-12(9-5-6-9)8-15-13-14-7-10-3-1-2-4-11(10)16-13/h1-4,7,9,12,17H,5-6,8H2,(H,14,15,16). The van der Waals surface area contributed by atoms with Crippen LogP contribution in [0.15, 0.2) is 30.5 Å². The van der Waals surface area contributed by atoms with Gasteiger partial charge in [-0.15, -0.1) is 0 Å². The number of benzene rings is 1. The van der Waals surface area contributed by atoms with Gasteiger partial charge in [0, 0.05) is 18.1 Å². The molecule has 2 N–H and O–H groups in total. The second-order valence-electron chi connectivity index (χ2n) is 4.54. The average molecular weight is 229 g/mol. The highest BCUT2D eigenvalue weighted by Gasteiger charge is 2.29. The summed E-state index contributed by atoms with van der Waals surface area (Å²) in [6, 6.07) is 7.87. The minimum atomic E-state index is -0.273. The minimum Gasteiger partial charge on any atom is -0.391 e. The zero-order valence-corrected chi connectivity index (χ0v) is 9.50. The summed E-state index contributed by atoms with van der Waals surface area (Å²) in [5.41, 5.74) is 0.922. The molecule has 1 unspecified atom stereocenters. The number of aliphatic hydroxyl groups excluding tert-OH is 1. The predicted molar refractivity (Wildman–Crippen MR) is 66.8 cm³/mol. The van der Waals surface area contributed by atoms with Crippen molar-refractivity contribution >= 4 is 16.9 Å². The molecule has 0 radical (unpaired) electrons. The third-order valence-electron chi connectivity index (χ3n) is 3.12. The molecule has 0 spiro atoms. The Kier molecular flexibility index (Phi) is 2.65. The van der Waals surface area contributed by atoms with E-state index in [2.05, 4.69) is 15.3 Å². The van der Waals surface area contributed by atoms with Crippen LogP contribution in [0.3, 0.4) is 0 Å². The summed E-state index contributed by atoms with van der Waals surface area (Å²) in [6.45, 7) is 0.531. The van der Waals surface area contributed by atoms with E-state index in [-0.39, 0.29) is 6.10 Å². The van der Waals surface area contributed by atoms with Gasteiger partial charge in [-0.05, 0) is 24.8 Å². The maximum absolute atomic E-state index is 9.75. The lowest BCUT2D eigenvalue weighted by molar-refractivity contribution is 0.164. The quantitative estimate of drug-likeness (QED) is 0.839. The van der Waals surface area contributed by atoms with Crippen molar-refractivity contribution in [3.8, 4) is 0 Å². The van der Waals surface area contributed by atoms with Crippen LogP contribution < -0.4 is 5.32 Å². The van der Waals surface area contributed by atoms with Crippen molar-refractivity contribution in [3.63, 3.8) is 0 Å². The lowest BCUT2D eigenvalue weighted by Crippen LogP contribution is -2.22. The van der Waals surface area contributed by atoms with Gasteiger partial charge in [-0.2, -0.15) is 0 Å². The summed E-state index contributed by atoms with van der Waals surface area (Å²) >= 11 is 0. The van der Waals surface area contributed by atoms with Crippen LogP contribution in [-0.4, -0.2) is 27.7 Å². The monoisotopic (exact) mass is 229 g/mol. The van der Waals surface area contributed by atoms with Crippen molar-refractivity contribution < 1.29 is 5.11 Å². The average Bonchev–Trinajstić information content (AvgIpc) is 3.20. The Bertz CT molecular complexity index is 525. The number of aliphatic hydroxyl groups is 1. The number of aromatic nitrogens is 2. The van der Waals surface area contributed by atoms with E-state index in [1.54, 1.807) is 6.20 Å². The largest absolute Gasteiger partial charge is 0.391 e. The molecule has 4 heteroatoms. The molecular weight excluding hydrogens is 214 g/mol. The number of hydrogen-bond donors (Lipinski definition) is 2. The SMILES string of the molecule is OC(CNc1ncc2ccccc2n1)C1CC1. The minimum absolute atomic E-state index is 0.273. The molecule has 1 heterocycles. The number of nitrogens with zero attached hydrogens (tertiary/aromatic N) is 2. The Morgan fingerprint density at radius 3 is 3.00 bits per heavy atom. The van der Waals surface area contributed by atoms with Crippen LogP contribution >= 0.6 is 0 Å². The van der Waals surface area contributed by atoms with Gasteiger partial charge in [0.1, 0.15) is 0 Å². The number of nitrogens with one attached hydrogen (secondary N) is 1. The summed E-state index contributed by atoms with van der Waals surface area (Å²) in [5.74, 6) is 1.06. The highest BCUT2D eigenvalue weighted by atomic mass is 16.3. The Labute approximate surface area is 99.7 Å². The molecule has 4 nitrogen and oxygen atoms in total. The third kappa shape index (κ3) is 2.36. The summed E-state index contributed by atoms with van der Waals surface area (Å²) in [7, 11) is 0. The molecule has 1 aliphatic carbocycles. The van der Waals surface area contributed by atoms with E-state index in [9.17, 15) is 5.11 Å². The van der Waals surface area contributed by atoms with Gasteiger partial charge in [0.15, 0.2) is 0 Å². The van der Waals surface area contributed by atoms with E-state index < -0.39 is 0 Å². The van der Waals surface area contributed by atoms with Gasteiger partial charge in [0.25, 0.3) is 0 Å². The maximum Gasteiger partial charge on any atom is 0.223 e. The zero-order chi connectivity index (χ0) is 11.7. The summed E-state index contributed by atoms with van der Waals surface area (Å²) in [4.78, 5) is 8.62. The molecular formula is C13H15N3O. The molecule has 0 bridgehead atoms. The number of para-hydroxylation sites is 1. The number of hydrogen-bond acceptors (Lipinski definition) is 4. The molecule has 0 saturated heterocycles. The lowest BCUT2D eigenvalue weighted by atomic mass is 10.2. The van der Waals surface area contributed by atoms with Crippen LogP contribution in [0.4, 0.5) is 5.95 Å². The Hall–Kier alpha value is -1.68. The maximum atomic E-state index is 9.75. The smallest absolute Gasteiger partial charge is 0.223 e. The number of rotatable bonds is 4. The molecule has 1 fully saturated rings. The second kappa shape index (κ2) is 4.30. The van der Waals surface area contributed by atoms with Crippen LogP contribution in [0, 0.1) is 5.92 Å². The topological polar surface area (TPSA) is 58.0 Å². The van der Waals surface area contributed by atoms with Gasteiger partial charge in [-0.25, -0.2) is 9.97 Å². The van der Waals surface area contributed by atoms with E-state index in [0.717, 1.165) is 23.7 Å². The molecule has 88 valence electrons. The third-order valence-corrected chi connectivity index (χ3v) is 3.12. The molecule has 1 saturated carbocycles. The van der Waals surface area contributed by atoms with Gasteiger partial charge in [-0.3, -0.25) is 0 Å². The molecule has 0 amide bonds. The number of fused-ring (bicyclic) bond motifs is 1. The van der Waals surface area contributed by atoms with E-state index in [4.69, 9.17) is 0 Å². The van der Waals surface area contributed by atoms with Crippen LogP contribution in [0.5, 0.6) is 0 Å². The Morgan fingerprint density at radius 1 is 1.35 bits per heavy atom. The molecule has 0 aliphatic heterocycles. The molecule has 1 aliphatic rings. The fourth-order valence-corrected chi connectivity index (χ4v) is 1.90. The molecule has 17 heavy (non-hydrogen) atoms. The van der Waals surface area contributed by atoms with Gasteiger partial charge in [0.2, 0.25) is 5.95 Å². The van der Waals surface area contributed by atoms with Gasteiger partial charge in [-0.1, -0.05) is 18.2 Å². The fourth-order valence-electron chi connectivity index (χ4n) is 1.90. The second-order valence-corrected chi connectivity index (χ2v) is 4.54. The van der Waals surface area contributed by atoms with Gasteiger partial charge in [0.05, 0.1) is 11.6 Å². The van der Waals surface area contributed by atoms with E-state index in [1.165, 1.54) is 0 Å². The van der Waals surface area contributed by atoms with E-state index in [1.807, 2.05) is 24.3 Å². The molecule has 1 aromatic carbocycles. The molecule has 1 atom stereocenters. The lowest BCUT2D eigenvalue weighted by Gasteiger charge is -2.10. The van der Waals surface area contributed by atoms with Crippen LogP contribution in [0.25, 0.3) is 10.9 Å². The van der Waals surface area contributed by atoms with Crippen molar-refractivity contribution in [2.45, 2.75) is 18.9 Å². The van der Waals surface area contributed by atoms with Crippen LogP contribution in [0.2, 0.25) is 0 Å². The normalized spacial score (nSPS) is 17.0. The van der Waals surface area contributed by atoms with Crippen molar-refractivity contribution in [3.05, 3.63) is 30.5 Å². The van der Waals surface area contributed by atoms with Crippen LogP contribution in [-0.2, 0) is 0 Å². The first-order chi connectivity index (χ1) is 8.33. The van der Waals surface area contributed by atoms with Crippen molar-refractivity contribution in [1.29, 1.82) is 0 Å². The molecule has 3 rings (SSSR count).